The van der Waals surface area contributed by atoms with Gasteiger partial charge in [-0.15, -0.1) is 61.7 Å². The summed E-state index contributed by atoms with van der Waals surface area (Å²) in [6, 6.07) is 44.8. The number of H-pyrrole nitrogens is 3. The van der Waals surface area contributed by atoms with Crippen LogP contribution in [0, 0.1) is 61.7 Å². The molecule has 2 amide bonds. The number of halogens is 1. The van der Waals surface area contributed by atoms with Crippen LogP contribution in [0.5, 0.6) is 0 Å². The molecule has 27 heteroatoms. The molecule has 2 aliphatic rings. The number of carboxylic acid groups (broad SMARTS) is 1. The van der Waals surface area contributed by atoms with Crippen LogP contribution < -0.4 is 39.4 Å². The van der Waals surface area contributed by atoms with E-state index >= 15 is 0 Å². The van der Waals surface area contributed by atoms with Crippen molar-refractivity contribution in [2.24, 2.45) is 0 Å². The minimum atomic E-state index is -2.04. The van der Waals surface area contributed by atoms with Gasteiger partial charge in [0.2, 0.25) is 23.0 Å². The largest absolute Gasteiger partial charge is 1.00 e. The quantitative estimate of drug-likeness (QED) is 0.00815. The number of carbonyl (C=O) groups is 5. The van der Waals surface area contributed by atoms with Gasteiger partial charge in [0.05, 0.1) is 63.8 Å². The summed E-state index contributed by atoms with van der Waals surface area (Å²) in [5.41, 5.74) is 11.1. The van der Waals surface area contributed by atoms with E-state index in [1.807, 2.05) is 60.7 Å². The Hall–Kier alpha value is -12.5. The van der Waals surface area contributed by atoms with Gasteiger partial charge >= 0.3 is 17.3 Å². The summed E-state index contributed by atoms with van der Waals surface area (Å²) in [5.74, 6) is 11.7. The number of aromatic amines is 3. The maximum absolute atomic E-state index is 13.4. The predicted molar refractivity (Wildman–Crippen MR) is 576 cm³/mol. The topological polar surface area (TPSA) is 325 Å². The van der Waals surface area contributed by atoms with Gasteiger partial charge in [-0.1, -0.05) is 184 Å². The zero-order valence-corrected chi connectivity index (χ0v) is 89.5. The number of pyridine rings is 4. The van der Waals surface area contributed by atoms with Crippen LogP contribution in [-0.2, 0) is 48.3 Å². The van der Waals surface area contributed by atoms with Crippen LogP contribution >= 0.6 is 0 Å². The number of hydrogen-bond donors (Lipinski definition) is 7. The van der Waals surface area contributed by atoms with Crippen LogP contribution in [0.1, 0.15) is 222 Å². The molecule has 5 unspecified atom stereocenters. The third kappa shape index (κ3) is 33.9. The standard InChI is InChI=1S/C40H45N5O3Si.C34H31N5O3.C16H28O2Si.C15H26O3Si.C10H14O2.ClH/c1-7-8-10-16-31(48-49(5,6)39(2,3)4)21-22-35(46)42-40(24-13-25-40)30-19-17-29(18-20-30)36-32(28-14-11-9-12-15-28)27-33-34(41-36)23-26-45-37(33)43-44-38(45)47;1-2-3-5-11-26(40)16-17-30(41)36-34(19-8-20-34)25-14-12-24(13-15-25)31-27(23-9-6-4-7-10-23)22-28-29(35-31)18-21-39-32(28)37-38-33(39)42;1-8-9-10-11-15(13-12-14(2)17)18-19(6,7)16(3,4)5;1-7-8-9-10-13(11-12-14(16)17)18-19(5,6)15(2,3)4;1-3-4-5-6-10(12)8-7-9(2)11;/h1,9,11-12,14-15,17-23,26-27,31H,8,10,13,16,24-25H2,2-6H3,(H,42,46)(H,44,47);1,4,6-7,9-10,12-18,21-22,26,40H,3,5,8,11,19-20H2,(H,36,41)(H,38,42);1,12-13,15H,9-11H2,2-7H3;1,11-13H,8-10H2,2-6H3,(H,16,17);1,7-8,10,12H,4-6H2,2H3;1H/b22-21+;17-16+;13-12+;12-11+;8-7+;. The van der Waals surface area contributed by atoms with Crippen molar-refractivity contribution < 1.29 is 70.0 Å². The van der Waals surface area contributed by atoms with E-state index in [-0.39, 0.29) is 80.6 Å². The first-order chi connectivity index (χ1) is 66.7. The average Bonchev–Trinajstić information content (AvgIpc) is 1.55. The van der Waals surface area contributed by atoms with E-state index in [2.05, 4.69) is 252 Å². The van der Waals surface area contributed by atoms with Crippen molar-refractivity contribution in [1.82, 2.24) is 44.8 Å². The first-order valence-electron chi connectivity index (χ1n) is 48.8. The lowest BCUT2D eigenvalue weighted by Crippen LogP contribution is -3.00. The van der Waals surface area contributed by atoms with Gasteiger partial charge in [-0.05, 0) is 242 Å². The normalized spacial score (nSPS) is 14.6. The van der Waals surface area contributed by atoms with E-state index in [1.54, 1.807) is 37.5 Å². The van der Waals surface area contributed by atoms with Crippen LogP contribution in [0.4, 0.5) is 0 Å². The van der Waals surface area contributed by atoms with Crippen LogP contribution in [0.2, 0.25) is 54.4 Å². The molecule has 10 aromatic rings. The fourth-order valence-electron chi connectivity index (χ4n) is 15.5. The van der Waals surface area contributed by atoms with Crippen molar-refractivity contribution in [3.8, 4) is 106 Å². The highest BCUT2D eigenvalue weighted by atomic mass is 35.5. The Kier molecular flexibility index (Phi) is 44.4. The van der Waals surface area contributed by atoms with Gasteiger partial charge in [-0.25, -0.2) is 43.4 Å². The number of allylic oxidation sites excluding steroid dienone is 2. The monoisotopic (exact) mass is 1990 g/mol. The number of carboxylic acids is 1. The Morgan fingerprint density at radius 1 is 0.472 bits per heavy atom. The molecule has 2 saturated carbocycles. The van der Waals surface area contributed by atoms with E-state index in [9.17, 15) is 43.8 Å². The fourth-order valence-corrected chi connectivity index (χ4v) is 19.4. The molecule has 0 saturated heterocycles. The first kappa shape index (κ1) is 116. The summed E-state index contributed by atoms with van der Waals surface area (Å²) in [6.45, 7) is 36.1. The number of hydrogen-bond acceptors (Lipinski definition) is 15. The fraction of sp³-hybridized carbons (Fsp3) is 0.417. The van der Waals surface area contributed by atoms with Gasteiger partial charge in [0.25, 0.3) is 0 Å². The molecule has 0 radical (unpaired) electrons. The van der Waals surface area contributed by atoms with E-state index in [1.165, 1.54) is 40.0 Å². The summed E-state index contributed by atoms with van der Waals surface area (Å²) >= 11 is 0. The molecule has 23 nitrogen and oxygen atoms in total. The number of carbonyl (C=O) groups excluding carboxylic acids is 4. The molecule has 142 heavy (non-hydrogen) atoms. The number of aromatic nitrogens is 8. The lowest BCUT2D eigenvalue weighted by Gasteiger charge is -2.43. The molecular weight excluding hydrogens is 1850 g/mol. The predicted octanol–water partition coefficient (Wildman–Crippen LogP) is 19.1. The molecule has 0 bridgehead atoms. The molecule has 6 aromatic heterocycles. The van der Waals surface area contributed by atoms with Crippen molar-refractivity contribution >= 4 is 87.4 Å². The molecule has 0 spiro atoms. The number of amides is 2. The van der Waals surface area contributed by atoms with Crippen molar-refractivity contribution in [2.45, 2.75) is 307 Å². The zero-order chi connectivity index (χ0) is 104. The van der Waals surface area contributed by atoms with Gasteiger partial charge < -0.3 is 51.6 Å². The lowest BCUT2D eigenvalue weighted by molar-refractivity contribution is -0.330. The maximum atomic E-state index is 13.4. The molecular formula is C115H145ClN10O13Si3. The minimum Gasteiger partial charge on any atom is -1.00 e. The highest BCUT2D eigenvalue weighted by Gasteiger charge is 2.44. The molecule has 12 rings (SSSR count). The number of aliphatic hydroxyl groups excluding tert-OH is 2. The highest BCUT2D eigenvalue weighted by molar-refractivity contribution is 6.75. The van der Waals surface area contributed by atoms with Gasteiger partial charge in [-0.2, -0.15) is 10.2 Å². The van der Waals surface area contributed by atoms with E-state index in [0.29, 0.717) is 56.2 Å². The average molecular weight is 2000 g/mol. The number of nitrogens with zero attached hydrogens (tertiary/aromatic N) is 5. The summed E-state index contributed by atoms with van der Waals surface area (Å²) in [7, 11) is -5.75. The lowest BCUT2D eigenvalue weighted by atomic mass is 9.71. The molecule has 8 N–H and O–H groups in total. The van der Waals surface area contributed by atoms with Crippen molar-refractivity contribution in [3.05, 3.63) is 239 Å². The Morgan fingerprint density at radius 2 is 0.824 bits per heavy atom. The minimum absolute atomic E-state index is 0. The summed E-state index contributed by atoms with van der Waals surface area (Å²) < 4.78 is 22.2. The smallest absolute Gasteiger partial charge is 0.347 e. The SMILES string of the molecule is C#CCCCC(/C=C/C(=O)NC1(c2ccc(-c3nc4ccn5c(=O)[nH]nc5c4cc3-c3ccccc3)cc2)CCC1)O[Si](C)(C)C(C)(C)C.C#CCCCC(/C=C/C(=O)O)O[Si](C)(C)C(C)(C)C.C#CCCCC(/C=C/C(C)=O)O[Si](C)(C)C(C)(C)C.C#CCCCC(O)/C=C/C(=O)NC1(c2ccc(-c3[nH+]c4ccn5c(=O)[nH]nc5c4cc3-c3ccccc3)cc2)CCC1.C#CCCCC(O)/C=C/C(C)=O.[Cl-]. The van der Waals surface area contributed by atoms with E-state index in [4.69, 9.17) is 55.5 Å². The maximum Gasteiger partial charge on any atom is 0.347 e. The van der Waals surface area contributed by atoms with Crippen LogP contribution in [0.15, 0.2) is 216 Å². The second kappa shape index (κ2) is 54.1. The Balaban J connectivity index is 0.000000264. The number of aliphatic carboxylic acids is 1. The van der Waals surface area contributed by atoms with Crippen LogP contribution in [0.3, 0.4) is 0 Å². The molecule has 2 fully saturated rings. The van der Waals surface area contributed by atoms with Gasteiger partial charge in [0, 0.05) is 90.9 Å². The molecule has 4 aromatic carbocycles. The van der Waals surface area contributed by atoms with Gasteiger partial charge in [-0.3, -0.25) is 19.2 Å². The third-order valence-electron chi connectivity index (χ3n) is 26.9. The number of unbranched alkanes of at least 4 members (excludes halogenated alkanes) is 5. The van der Waals surface area contributed by atoms with Crippen LogP contribution in [0.25, 0.3) is 77.9 Å². The summed E-state index contributed by atoms with van der Waals surface area (Å²) in [4.78, 5) is 91.5. The third-order valence-corrected chi connectivity index (χ3v) is 40.4. The molecule has 6 heterocycles. The van der Waals surface area contributed by atoms with Crippen molar-refractivity contribution in [3.63, 3.8) is 0 Å². The van der Waals surface area contributed by atoms with E-state index in [0.717, 1.165) is 174 Å². The number of terminal acetylenes is 5. The number of ketones is 2. The van der Waals surface area contributed by atoms with Crippen molar-refractivity contribution in [2.75, 3.05) is 0 Å². The Bertz CT molecular complexity index is 6330. The summed E-state index contributed by atoms with van der Waals surface area (Å²) in [6.07, 6.45) is 60.6. The first-order valence-corrected chi connectivity index (χ1v) is 57.5. The number of rotatable bonds is 39. The van der Waals surface area contributed by atoms with Crippen molar-refractivity contribution in [1.29, 1.82) is 0 Å². The number of fused-ring (bicyclic) bond motifs is 6. The number of nitrogens with one attached hydrogen (secondary N) is 5. The number of benzene rings is 4. The molecule has 0 aliphatic heterocycles. The van der Waals surface area contributed by atoms with Crippen LogP contribution in [-0.4, -0.2) is 134 Å². The van der Waals surface area contributed by atoms with Gasteiger partial charge in [0.15, 0.2) is 47.8 Å². The second-order valence-electron chi connectivity index (χ2n) is 40.7. The summed E-state index contributed by atoms with van der Waals surface area (Å²) in [5, 5.41) is 50.1. The van der Waals surface area contributed by atoms with Gasteiger partial charge in [0.1, 0.15) is 0 Å². The Labute approximate surface area is 848 Å². The Morgan fingerprint density at radius 3 is 1.21 bits per heavy atom. The highest BCUT2D eigenvalue weighted by Crippen LogP contribution is 2.46. The molecule has 5 atom stereocenters. The molecule has 752 valence electrons. The van der Waals surface area contributed by atoms with E-state index < -0.39 is 54.2 Å². The second-order valence-corrected chi connectivity index (χ2v) is 55.0. The number of aliphatic hydroxyl groups is 2. The molecule has 2 aliphatic carbocycles. The zero-order valence-electron chi connectivity index (χ0n) is 85.8.